The van der Waals surface area contributed by atoms with Crippen LogP contribution >= 0.6 is 23.2 Å². The van der Waals surface area contributed by atoms with Gasteiger partial charge in [-0.1, -0.05) is 29.3 Å². The Morgan fingerprint density at radius 1 is 1.20 bits per heavy atom. The number of benzene rings is 1. The molecule has 6 heteroatoms. The van der Waals surface area contributed by atoms with Crippen LogP contribution in [0.4, 0.5) is 0 Å². The lowest BCUT2D eigenvalue weighted by Gasteiger charge is -2.11. The number of nitrogens with zero attached hydrogens (tertiary/aromatic N) is 2. The van der Waals surface area contributed by atoms with Crippen LogP contribution in [0.2, 0.25) is 10.0 Å². The van der Waals surface area contributed by atoms with Crippen molar-refractivity contribution in [3.8, 4) is 11.3 Å². The van der Waals surface area contributed by atoms with E-state index in [4.69, 9.17) is 23.2 Å². The lowest BCUT2D eigenvalue weighted by Crippen LogP contribution is -2.33. The average molecular weight is 312 g/mol. The zero-order valence-corrected chi connectivity index (χ0v) is 12.7. The van der Waals surface area contributed by atoms with Crippen molar-refractivity contribution in [1.82, 2.24) is 15.1 Å². The molecule has 0 bridgehead atoms. The third-order valence-corrected chi connectivity index (χ3v) is 3.47. The predicted octanol–water partition coefficient (Wildman–Crippen LogP) is 3.17. The molecule has 0 aliphatic heterocycles. The van der Waals surface area contributed by atoms with Crippen LogP contribution in [0.5, 0.6) is 0 Å². The summed E-state index contributed by atoms with van der Waals surface area (Å²) in [4.78, 5) is 11.7. The summed E-state index contributed by atoms with van der Waals surface area (Å²) in [6.45, 7) is 4.38. The van der Waals surface area contributed by atoms with E-state index in [0.717, 1.165) is 5.56 Å². The first-order valence-corrected chi connectivity index (χ1v) is 7.00. The molecule has 0 fully saturated rings. The van der Waals surface area contributed by atoms with Crippen molar-refractivity contribution in [2.45, 2.75) is 26.6 Å². The summed E-state index contributed by atoms with van der Waals surface area (Å²) in [6.07, 6.45) is 0. The maximum Gasteiger partial charge on any atom is 0.268 e. The van der Waals surface area contributed by atoms with Crippen LogP contribution < -0.4 is 10.9 Å². The van der Waals surface area contributed by atoms with Gasteiger partial charge in [-0.2, -0.15) is 5.10 Å². The fraction of sp³-hybridized carbons (Fsp3) is 0.286. The van der Waals surface area contributed by atoms with Crippen molar-refractivity contribution >= 4 is 23.2 Å². The van der Waals surface area contributed by atoms with Gasteiger partial charge in [0.25, 0.3) is 5.56 Å². The van der Waals surface area contributed by atoms with E-state index in [9.17, 15) is 4.79 Å². The van der Waals surface area contributed by atoms with Crippen molar-refractivity contribution < 1.29 is 0 Å². The maximum atomic E-state index is 11.7. The molecule has 0 spiro atoms. The molecule has 0 saturated heterocycles. The maximum absolute atomic E-state index is 11.7. The Labute approximate surface area is 127 Å². The van der Waals surface area contributed by atoms with Gasteiger partial charge in [-0.3, -0.25) is 10.1 Å². The van der Waals surface area contributed by atoms with Gasteiger partial charge >= 0.3 is 0 Å². The highest BCUT2D eigenvalue weighted by Crippen LogP contribution is 2.26. The van der Waals surface area contributed by atoms with Crippen LogP contribution in [0.25, 0.3) is 11.3 Å². The smallest absolute Gasteiger partial charge is 0.268 e. The Hall–Kier alpha value is -1.36. The van der Waals surface area contributed by atoms with Crippen molar-refractivity contribution in [2.24, 2.45) is 0 Å². The summed E-state index contributed by atoms with van der Waals surface area (Å²) >= 11 is 11.9. The molecule has 20 heavy (non-hydrogen) atoms. The fourth-order valence-electron chi connectivity index (χ4n) is 1.64. The minimum atomic E-state index is -0.151. The minimum absolute atomic E-state index is 0.151. The van der Waals surface area contributed by atoms with Gasteiger partial charge in [-0.25, -0.2) is 4.68 Å². The molecule has 4 nitrogen and oxygen atoms in total. The first kappa shape index (κ1) is 15.0. The van der Waals surface area contributed by atoms with Crippen LogP contribution in [0, 0.1) is 0 Å². The third kappa shape index (κ3) is 3.60. The first-order chi connectivity index (χ1) is 9.47. The van der Waals surface area contributed by atoms with E-state index >= 15 is 0 Å². The molecule has 0 saturated carbocycles. The second-order valence-corrected chi connectivity index (χ2v) is 5.52. The Morgan fingerprint density at radius 3 is 2.60 bits per heavy atom. The highest BCUT2D eigenvalue weighted by atomic mass is 35.5. The summed E-state index contributed by atoms with van der Waals surface area (Å²) in [5.74, 6) is 0. The van der Waals surface area contributed by atoms with Gasteiger partial charge < -0.3 is 0 Å². The monoisotopic (exact) mass is 311 g/mol. The Balaban J connectivity index is 2.35. The fourth-order valence-corrected chi connectivity index (χ4v) is 1.94. The lowest BCUT2D eigenvalue weighted by atomic mass is 10.1. The number of halogens is 2. The highest BCUT2D eigenvalue weighted by Gasteiger charge is 2.06. The second-order valence-electron chi connectivity index (χ2n) is 4.70. The normalized spacial score (nSPS) is 11.1. The van der Waals surface area contributed by atoms with Gasteiger partial charge in [-0.05, 0) is 32.0 Å². The number of hydrogen-bond donors (Lipinski definition) is 1. The molecular formula is C14H15Cl2N3O. The van der Waals surface area contributed by atoms with Crippen molar-refractivity contribution in [3.63, 3.8) is 0 Å². The lowest BCUT2D eigenvalue weighted by molar-refractivity contribution is 0.452. The molecule has 1 heterocycles. The average Bonchev–Trinajstić information content (AvgIpc) is 2.41. The molecule has 0 aliphatic carbocycles. The molecule has 0 radical (unpaired) electrons. The SMILES string of the molecule is CC(C)NCn1nc(-c2ccc(Cl)c(Cl)c2)ccc1=O. The molecular weight excluding hydrogens is 297 g/mol. The second kappa shape index (κ2) is 6.39. The molecule has 0 aliphatic rings. The van der Waals surface area contributed by atoms with Crippen LogP contribution in [0.15, 0.2) is 35.1 Å². The summed E-state index contributed by atoms with van der Waals surface area (Å²) in [6, 6.07) is 8.71. The summed E-state index contributed by atoms with van der Waals surface area (Å²) in [7, 11) is 0. The number of aromatic nitrogens is 2. The quantitative estimate of drug-likeness (QED) is 0.943. The summed E-state index contributed by atoms with van der Waals surface area (Å²) in [5, 5.41) is 8.43. The zero-order chi connectivity index (χ0) is 14.7. The van der Waals surface area contributed by atoms with E-state index in [-0.39, 0.29) is 11.6 Å². The predicted molar refractivity (Wildman–Crippen MR) is 82.2 cm³/mol. The van der Waals surface area contributed by atoms with E-state index in [2.05, 4.69) is 10.4 Å². The van der Waals surface area contributed by atoms with E-state index in [0.29, 0.717) is 22.4 Å². The van der Waals surface area contributed by atoms with Crippen LogP contribution in [0.1, 0.15) is 13.8 Å². The molecule has 0 unspecified atom stereocenters. The number of nitrogens with one attached hydrogen (secondary N) is 1. The van der Waals surface area contributed by atoms with Gasteiger partial charge in [0.05, 0.1) is 22.4 Å². The third-order valence-electron chi connectivity index (χ3n) is 2.73. The Bertz CT molecular complexity index is 668. The number of rotatable bonds is 4. The summed E-state index contributed by atoms with van der Waals surface area (Å²) < 4.78 is 1.39. The Kier molecular flexibility index (Phi) is 4.81. The van der Waals surface area contributed by atoms with Crippen molar-refractivity contribution in [3.05, 3.63) is 50.7 Å². The molecule has 106 valence electrons. The molecule has 2 rings (SSSR count). The molecule has 0 amide bonds. The largest absolute Gasteiger partial charge is 0.296 e. The first-order valence-electron chi connectivity index (χ1n) is 6.24. The van der Waals surface area contributed by atoms with Crippen LogP contribution in [-0.2, 0) is 6.67 Å². The highest BCUT2D eigenvalue weighted by molar-refractivity contribution is 6.42. The van der Waals surface area contributed by atoms with E-state index in [1.165, 1.54) is 10.7 Å². The van der Waals surface area contributed by atoms with Crippen molar-refractivity contribution in [2.75, 3.05) is 0 Å². The van der Waals surface area contributed by atoms with E-state index in [1.54, 1.807) is 18.2 Å². The van der Waals surface area contributed by atoms with Gasteiger partial charge in [-0.15, -0.1) is 0 Å². The van der Waals surface area contributed by atoms with Gasteiger partial charge in [0.2, 0.25) is 0 Å². The van der Waals surface area contributed by atoms with E-state index in [1.807, 2.05) is 19.9 Å². The van der Waals surface area contributed by atoms with Crippen LogP contribution in [-0.4, -0.2) is 15.8 Å². The van der Waals surface area contributed by atoms with Crippen LogP contribution in [0.3, 0.4) is 0 Å². The van der Waals surface area contributed by atoms with Gasteiger partial charge in [0.1, 0.15) is 0 Å². The zero-order valence-electron chi connectivity index (χ0n) is 11.2. The van der Waals surface area contributed by atoms with Gasteiger partial charge in [0, 0.05) is 17.7 Å². The summed E-state index contributed by atoms with van der Waals surface area (Å²) in [5.41, 5.74) is 1.34. The standard InChI is InChI=1S/C14H15Cl2N3O/c1-9(2)17-8-19-14(20)6-5-13(18-19)10-3-4-11(15)12(16)7-10/h3-7,9,17H,8H2,1-2H3. The molecule has 1 N–H and O–H groups in total. The van der Waals surface area contributed by atoms with Gasteiger partial charge in [0.15, 0.2) is 0 Å². The molecule has 1 aromatic heterocycles. The topological polar surface area (TPSA) is 46.9 Å². The molecule has 0 atom stereocenters. The Morgan fingerprint density at radius 2 is 1.95 bits per heavy atom. The molecule has 2 aromatic rings. The van der Waals surface area contributed by atoms with Crippen molar-refractivity contribution in [1.29, 1.82) is 0 Å². The minimum Gasteiger partial charge on any atom is -0.296 e. The number of hydrogen-bond acceptors (Lipinski definition) is 3. The van der Waals surface area contributed by atoms with E-state index < -0.39 is 0 Å². The molecule has 1 aromatic carbocycles.